The average Bonchev–Trinajstić information content (AvgIpc) is 3.07. The van der Waals surface area contributed by atoms with Gasteiger partial charge in [-0.25, -0.2) is 0 Å². The van der Waals surface area contributed by atoms with Crippen molar-refractivity contribution in [1.82, 2.24) is 31.9 Å². The predicted molar refractivity (Wildman–Crippen MR) is 190 cm³/mol. The van der Waals surface area contributed by atoms with Crippen LogP contribution in [0.4, 0.5) is 0 Å². The van der Waals surface area contributed by atoms with Crippen molar-refractivity contribution in [1.29, 1.82) is 5.41 Å². The van der Waals surface area contributed by atoms with Crippen LogP contribution in [0.15, 0.2) is 0 Å². The summed E-state index contributed by atoms with van der Waals surface area (Å²) >= 11 is 0. The molecule has 0 saturated carbocycles. The maximum absolute atomic E-state index is 13.1. The topological polar surface area (TPSA) is 248 Å². The number of amides is 5. The van der Waals surface area contributed by atoms with Gasteiger partial charge in [0.25, 0.3) is 0 Å². The summed E-state index contributed by atoms with van der Waals surface area (Å²) in [5, 5.41) is 41.8. The second-order valence-electron chi connectivity index (χ2n) is 12.9. The second-order valence-corrected chi connectivity index (χ2v) is 12.9. The molecule has 0 aliphatic heterocycles. The SMILES string of the molecule is CCCCCCCCCCCCCCCC(=O)N[C@H](C(=O)N[C@@H](CO)C(=O)N[C@@H](CO)C(=O)N[C@@H](CCCNC(=N)N)C(=O)NC)C(C)C. The zero-order valence-corrected chi connectivity index (χ0v) is 30.3. The van der Waals surface area contributed by atoms with Gasteiger partial charge >= 0.3 is 0 Å². The van der Waals surface area contributed by atoms with E-state index in [2.05, 4.69) is 38.8 Å². The van der Waals surface area contributed by atoms with E-state index in [1.807, 2.05) is 0 Å². The first-order valence-electron chi connectivity index (χ1n) is 18.1. The Kier molecular flexibility index (Phi) is 26.4. The van der Waals surface area contributed by atoms with Gasteiger partial charge in [0.2, 0.25) is 29.5 Å². The van der Waals surface area contributed by atoms with E-state index in [-0.39, 0.29) is 37.2 Å². The molecule has 15 heteroatoms. The first kappa shape index (κ1) is 45.5. The summed E-state index contributed by atoms with van der Waals surface area (Å²) in [5.41, 5.74) is 5.25. The first-order chi connectivity index (χ1) is 23.4. The molecule has 0 radical (unpaired) electrons. The lowest BCUT2D eigenvalue weighted by atomic mass is 10.0. The molecule has 0 unspecified atom stereocenters. The Morgan fingerprint density at radius 2 is 1.08 bits per heavy atom. The fraction of sp³-hybridized carbons (Fsp3) is 0.824. The fourth-order valence-electron chi connectivity index (χ4n) is 5.25. The highest BCUT2D eigenvalue weighted by Gasteiger charge is 2.31. The summed E-state index contributed by atoms with van der Waals surface area (Å²) in [6, 6.07) is -4.91. The summed E-state index contributed by atoms with van der Waals surface area (Å²) in [6.07, 6.45) is 16.3. The number of rotatable bonds is 29. The highest BCUT2D eigenvalue weighted by Crippen LogP contribution is 2.13. The van der Waals surface area contributed by atoms with Gasteiger partial charge in [-0.2, -0.15) is 0 Å². The van der Waals surface area contributed by atoms with Gasteiger partial charge in [-0.3, -0.25) is 29.4 Å². The maximum atomic E-state index is 13.1. The highest BCUT2D eigenvalue weighted by atomic mass is 16.3. The van der Waals surface area contributed by atoms with Gasteiger partial charge in [0.1, 0.15) is 24.2 Å². The van der Waals surface area contributed by atoms with Gasteiger partial charge in [-0.1, -0.05) is 97.8 Å². The predicted octanol–water partition coefficient (Wildman–Crippen LogP) is 1.06. The molecule has 0 heterocycles. The Labute approximate surface area is 293 Å². The minimum Gasteiger partial charge on any atom is -0.394 e. The van der Waals surface area contributed by atoms with Crippen LogP contribution in [-0.4, -0.2) is 96.7 Å². The van der Waals surface area contributed by atoms with E-state index in [9.17, 15) is 34.2 Å². The Hall–Kier alpha value is -3.46. The number of hydrogen-bond acceptors (Lipinski definition) is 8. The van der Waals surface area contributed by atoms with Gasteiger partial charge < -0.3 is 47.8 Å². The van der Waals surface area contributed by atoms with Crippen LogP contribution in [0.25, 0.3) is 0 Å². The van der Waals surface area contributed by atoms with Gasteiger partial charge in [0.05, 0.1) is 13.2 Å². The first-order valence-corrected chi connectivity index (χ1v) is 18.1. The second kappa shape index (κ2) is 28.4. The van der Waals surface area contributed by atoms with Crippen molar-refractivity contribution < 1.29 is 34.2 Å². The molecule has 49 heavy (non-hydrogen) atoms. The summed E-state index contributed by atoms with van der Waals surface area (Å²) < 4.78 is 0. The monoisotopic (exact) mass is 699 g/mol. The maximum Gasteiger partial charge on any atom is 0.245 e. The van der Waals surface area contributed by atoms with E-state index in [4.69, 9.17) is 11.1 Å². The van der Waals surface area contributed by atoms with Gasteiger partial charge in [-0.05, 0) is 25.2 Å². The standard InChI is InChI=1S/C34H66N8O7/c1-5-6-7-8-9-10-11-12-13-14-15-16-17-20-28(45)42-29(24(2)3)33(49)41-27(23-44)32(48)40-26(22-43)31(47)39-25(30(46)37-4)19-18-21-38-34(35)36/h24-27,29,43-44H,5-23H2,1-4H3,(H,37,46)(H,39,47)(H,40,48)(H,41,49)(H,42,45)(H4,35,36,38)/t25-,26-,27-,29-/m0/s1. The Balaban J connectivity index is 4.78. The fourth-order valence-corrected chi connectivity index (χ4v) is 5.25. The molecule has 0 aliphatic carbocycles. The van der Waals surface area contributed by atoms with Crippen LogP contribution in [0.1, 0.15) is 124 Å². The van der Waals surface area contributed by atoms with E-state index < -0.39 is 61.0 Å². The Bertz CT molecular complexity index is 982. The molecule has 5 amide bonds. The molecule has 11 N–H and O–H groups in total. The van der Waals surface area contributed by atoms with Crippen LogP contribution in [-0.2, 0) is 24.0 Å². The summed E-state index contributed by atoms with van der Waals surface area (Å²) in [7, 11) is 1.39. The number of likely N-dealkylation sites (N-methyl/N-ethyl adjacent to an activating group) is 1. The number of unbranched alkanes of at least 4 members (excludes halogenated alkanes) is 12. The molecular formula is C34H66N8O7. The van der Waals surface area contributed by atoms with E-state index >= 15 is 0 Å². The minimum absolute atomic E-state index is 0.175. The van der Waals surface area contributed by atoms with Crippen molar-refractivity contribution in [2.45, 2.75) is 148 Å². The third-order valence-corrected chi connectivity index (χ3v) is 8.27. The lowest BCUT2D eigenvalue weighted by Gasteiger charge is -2.26. The van der Waals surface area contributed by atoms with Crippen LogP contribution < -0.4 is 37.6 Å². The number of carbonyl (C=O) groups excluding carboxylic acids is 5. The Morgan fingerprint density at radius 1 is 0.633 bits per heavy atom. The molecule has 15 nitrogen and oxygen atoms in total. The van der Waals surface area contributed by atoms with E-state index in [1.165, 1.54) is 64.8 Å². The van der Waals surface area contributed by atoms with E-state index in [0.29, 0.717) is 12.8 Å². The lowest BCUT2D eigenvalue weighted by Crippen LogP contribution is -2.60. The van der Waals surface area contributed by atoms with Crippen LogP contribution in [0, 0.1) is 11.3 Å². The molecule has 0 fully saturated rings. The van der Waals surface area contributed by atoms with Crippen LogP contribution in [0.3, 0.4) is 0 Å². The van der Waals surface area contributed by atoms with Gasteiger partial charge in [0, 0.05) is 20.0 Å². The molecule has 0 spiro atoms. The molecule has 284 valence electrons. The van der Waals surface area contributed by atoms with Crippen molar-refractivity contribution in [2.75, 3.05) is 26.8 Å². The number of aliphatic hydroxyl groups is 2. The number of hydrogen-bond donors (Lipinski definition) is 10. The number of carbonyl (C=O) groups is 5. The van der Waals surface area contributed by atoms with E-state index in [0.717, 1.165) is 19.3 Å². The molecule has 4 atom stereocenters. The van der Waals surface area contributed by atoms with Gasteiger partial charge in [0.15, 0.2) is 5.96 Å². The zero-order chi connectivity index (χ0) is 37.0. The zero-order valence-electron chi connectivity index (χ0n) is 30.3. The van der Waals surface area contributed by atoms with Crippen LogP contribution in [0.2, 0.25) is 0 Å². The molecule has 0 aromatic heterocycles. The third kappa shape index (κ3) is 22.0. The number of nitrogens with one attached hydrogen (secondary N) is 7. The van der Waals surface area contributed by atoms with Crippen LogP contribution in [0.5, 0.6) is 0 Å². The number of nitrogens with two attached hydrogens (primary N) is 1. The average molecular weight is 699 g/mol. The molecule has 0 aromatic carbocycles. The summed E-state index contributed by atoms with van der Waals surface area (Å²) in [5.74, 6) is -3.80. The van der Waals surface area contributed by atoms with Crippen molar-refractivity contribution in [3.63, 3.8) is 0 Å². The normalized spacial score (nSPS) is 13.4. The molecule has 0 saturated heterocycles. The van der Waals surface area contributed by atoms with Crippen LogP contribution >= 0.6 is 0 Å². The molecule has 0 aromatic rings. The smallest absolute Gasteiger partial charge is 0.245 e. The molecule has 0 rings (SSSR count). The Morgan fingerprint density at radius 3 is 1.51 bits per heavy atom. The molecule has 0 aliphatic rings. The largest absolute Gasteiger partial charge is 0.394 e. The summed E-state index contributed by atoms with van der Waals surface area (Å²) in [6.45, 7) is 4.38. The van der Waals surface area contributed by atoms with Crippen molar-refractivity contribution in [2.24, 2.45) is 11.7 Å². The van der Waals surface area contributed by atoms with Crippen molar-refractivity contribution in [3.8, 4) is 0 Å². The number of aliphatic hydroxyl groups excluding tert-OH is 2. The summed E-state index contributed by atoms with van der Waals surface area (Å²) in [4.78, 5) is 63.7. The molecular weight excluding hydrogens is 632 g/mol. The molecule has 0 bridgehead atoms. The minimum atomic E-state index is -1.48. The van der Waals surface area contributed by atoms with E-state index in [1.54, 1.807) is 13.8 Å². The lowest BCUT2D eigenvalue weighted by molar-refractivity contribution is -0.136. The third-order valence-electron chi connectivity index (χ3n) is 8.27. The number of guanidine groups is 1. The quantitative estimate of drug-likeness (QED) is 0.0304. The van der Waals surface area contributed by atoms with Crippen molar-refractivity contribution in [3.05, 3.63) is 0 Å². The van der Waals surface area contributed by atoms with Gasteiger partial charge in [-0.15, -0.1) is 0 Å². The van der Waals surface area contributed by atoms with Crippen molar-refractivity contribution >= 4 is 35.5 Å². The highest BCUT2D eigenvalue weighted by molar-refractivity contribution is 5.95.